The fourth-order valence-corrected chi connectivity index (χ4v) is 1.45. The van der Waals surface area contributed by atoms with Gasteiger partial charge in [0.15, 0.2) is 0 Å². The predicted molar refractivity (Wildman–Crippen MR) is 50.2 cm³/mol. The van der Waals surface area contributed by atoms with E-state index in [1.165, 1.54) is 11.1 Å². The Bertz CT molecular complexity index is 218. The maximum absolute atomic E-state index is 5.66. The Balaban J connectivity index is 2.83. The first-order valence-electron chi connectivity index (χ1n) is 4.01. The quantitative estimate of drug-likeness (QED) is 0.609. The molecule has 11 heavy (non-hydrogen) atoms. The molecule has 60 valence electrons. The van der Waals surface area contributed by atoms with Crippen molar-refractivity contribution in [3.63, 3.8) is 0 Å². The molecule has 0 radical (unpaired) electrons. The summed E-state index contributed by atoms with van der Waals surface area (Å²) in [5.74, 6) is 0.719. The van der Waals surface area contributed by atoms with E-state index >= 15 is 0 Å². The molecule has 0 nitrogen and oxygen atoms in total. The Kier molecular flexibility index (Phi) is 3.44. The van der Waals surface area contributed by atoms with Crippen LogP contribution in [0.25, 0.3) is 0 Å². The highest BCUT2D eigenvalue weighted by Gasteiger charge is 1.96. The smallest absolute Gasteiger partial charge is 0.0264 e. The van der Waals surface area contributed by atoms with E-state index in [2.05, 4.69) is 31.2 Å². The van der Waals surface area contributed by atoms with Gasteiger partial charge in [0.2, 0.25) is 0 Å². The molecule has 0 unspecified atom stereocenters. The Labute approximate surface area is 73.2 Å². The van der Waals surface area contributed by atoms with E-state index in [1.54, 1.807) is 0 Å². The van der Waals surface area contributed by atoms with E-state index in [0.717, 1.165) is 18.7 Å². The molecule has 0 heterocycles. The lowest BCUT2D eigenvalue weighted by molar-refractivity contribution is 1.04. The summed E-state index contributed by atoms with van der Waals surface area (Å²) < 4.78 is 0. The second-order valence-electron chi connectivity index (χ2n) is 2.56. The average molecular weight is 169 g/mol. The summed E-state index contributed by atoms with van der Waals surface area (Å²) in [6, 6.07) is 8.47. The monoisotopic (exact) mass is 168 g/mol. The molecule has 1 aromatic rings. The van der Waals surface area contributed by atoms with Crippen LogP contribution in [0.2, 0.25) is 0 Å². The van der Waals surface area contributed by atoms with Crippen LogP contribution in [0, 0.1) is 0 Å². The van der Waals surface area contributed by atoms with Crippen LogP contribution < -0.4 is 0 Å². The van der Waals surface area contributed by atoms with Gasteiger partial charge in [0.25, 0.3) is 0 Å². The molecule has 0 aliphatic heterocycles. The molecule has 0 atom stereocenters. The summed E-state index contributed by atoms with van der Waals surface area (Å²) in [5, 5.41) is 0. The van der Waals surface area contributed by atoms with Crippen molar-refractivity contribution in [1.29, 1.82) is 0 Å². The molecule has 0 spiro atoms. The van der Waals surface area contributed by atoms with E-state index in [9.17, 15) is 0 Å². The van der Waals surface area contributed by atoms with Crippen molar-refractivity contribution in [1.82, 2.24) is 0 Å². The zero-order valence-corrected chi connectivity index (χ0v) is 7.56. The molecule has 0 aliphatic carbocycles. The van der Waals surface area contributed by atoms with E-state index < -0.39 is 0 Å². The van der Waals surface area contributed by atoms with Crippen molar-refractivity contribution < 1.29 is 0 Å². The van der Waals surface area contributed by atoms with Gasteiger partial charge in [-0.15, -0.1) is 11.6 Å². The minimum atomic E-state index is 0.719. The predicted octanol–water partition coefficient (Wildman–Crippen LogP) is 3.03. The molecule has 0 fully saturated rings. The van der Waals surface area contributed by atoms with Crippen LogP contribution in [0.15, 0.2) is 24.3 Å². The molecule has 0 N–H and O–H groups in total. The minimum absolute atomic E-state index is 0.719. The highest BCUT2D eigenvalue weighted by molar-refractivity contribution is 6.18. The van der Waals surface area contributed by atoms with Crippen LogP contribution in [0.3, 0.4) is 0 Å². The molecule has 1 heteroatoms. The van der Waals surface area contributed by atoms with Crippen LogP contribution in [0.1, 0.15) is 18.1 Å². The fourth-order valence-electron chi connectivity index (χ4n) is 1.25. The number of halogens is 1. The zero-order chi connectivity index (χ0) is 8.10. The van der Waals surface area contributed by atoms with Crippen molar-refractivity contribution in [2.24, 2.45) is 0 Å². The van der Waals surface area contributed by atoms with Crippen molar-refractivity contribution in [3.05, 3.63) is 35.4 Å². The number of rotatable bonds is 3. The summed E-state index contributed by atoms with van der Waals surface area (Å²) in [5.41, 5.74) is 2.82. The largest absolute Gasteiger partial charge is 0.126 e. The van der Waals surface area contributed by atoms with Gasteiger partial charge >= 0.3 is 0 Å². The van der Waals surface area contributed by atoms with Gasteiger partial charge in [-0.05, 0) is 24.0 Å². The molecular weight excluding hydrogens is 156 g/mol. The van der Waals surface area contributed by atoms with Gasteiger partial charge in [-0.3, -0.25) is 0 Å². The van der Waals surface area contributed by atoms with Crippen LogP contribution in [0.4, 0.5) is 0 Å². The van der Waals surface area contributed by atoms with Crippen LogP contribution in [0.5, 0.6) is 0 Å². The normalized spacial score (nSPS) is 10.0. The number of benzene rings is 1. The lowest BCUT2D eigenvalue weighted by atomic mass is 10.0. The summed E-state index contributed by atoms with van der Waals surface area (Å²) in [6.45, 7) is 2.17. The van der Waals surface area contributed by atoms with Crippen LogP contribution in [-0.2, 0) is 12.8 Å². The maximum Gasteiger partial charge on any atom is 0.0264 e. The van der Waals surface area contributed by atoms with Crippen LogP contribution >= 0.6 is 11.6 Å². The Morgan fingerprint density at radius 1 is 1.18 bits per heavy atom. The number of hydrogen-bond donors (Lipinski definition) is 0. The van der Waals surface area contributed by atoms with Crippen molar-refractivity contribution in [2.45, 2.75) is 19.8 Å². The van der Waals surface area contributed by atoms with Gasteiger partial charge in [-0.2, -0.15) is 0 Å². The Hall–Kier alpha value is -0.490. The Morgan fingerprint density at radius 2 is 1.82 bits per heavy atom. The second-order valence-corrected chi connectivity index (χ2v) is 2.94. The van der Waals surface area contributed by atoms with Crippen molar-refractivity contribution in [2.75, 3.05) is 5.88 Å². The highest BCUT2D eigenvalue weighted by atomic mass is 35.5. The molecule has 0 bridgehead atoms. The SMILES string of the molecule is CCc1ccccc1CCCl. The summed E-state index contributed by atoms with van der Waals surface area (Å²) in [4.78, 5) is 0. The van der Waals surface area contributed by atoms with Crippen molar-refractivity contribution >= 4 is 11.6 Å². The molecule has 0 aliphatic rings. The lowest BCUT2D eigenvalue weighted by Gasteiger charge is -2.03. The molecule has 0 aromatic heterocycles. The zero-order valence-electron chi connectivity index (χ0n) is 6.81. The molecule has 1 rings (SSSR count). The van der Waals surface area contributed by atoms with Gasteiger partial charge < -0.3 is 0 Å². The third-order valence-corrected chi connectivity index (χ3v) is 2.05. The third-order valence-electron chi connectivity index (χ3n) is 1.86. The standard InChI is InChI=1S/C10H13Cl/c1-2-9-5-3-4-6-10(9)7-8-11/h3-6H,2,7-8H2,1H3. The second kappa shape index (κ2) is 4.40. The van der Waals surface area contributed by atoms with E-state index in [0.29, 0.717) is 0 Å². The molecule has 0 amide bonds. The average Bonchev–Trinajstić information content (AvgIpc) is 2.06. The van der Waals surface area contributed by atoms with Crippen LogP contribution in [-0.4, -0.2) is 5.88 Å². The molecular formula is C10H13Cl. The van der Waals surface area contributed by atoms with Gasteiger partial charge in [0.1, 0.15) is 0 Å². The van der Waals surface area contributed by atoms with Gasteiger partial charge in [-0.25, -0.2) is 0 Å². The third kappa shape index (κ3) is 2.23. The number of alkyl halides is 1. The van der Waals surface area contributed by atoms with Crippen molar-refractivity contribution in [3.8, 4) is 0 Å². The summed E-state index contributed by atoms with van der Waals surface area (Å²) in [6.07, 6.45) is 2.10. The first-order chi connectivity index (χ1) is 5.38. The molecule has 0 saturated carbocycles. The van der Waals surface area contributed by atoms with E-state index in [-0.39, 0.29) is 0 Å². The van der Waals surface area contributed by atoms with E-state index in [1.807, 2.05) is 0 Å². The lowest BCUT2D eigenvalue weighted by Crippen LogP contribution is -1.92. The van der Waals surface area contributed by atoms with Gasteiger partial charge in [0.05, 0.1) is 0 Å². The number of hydrogen-bond acceptors (Lipinski definition) is 0. The van der Waals surface area contributed by atoms with Gasteiger partial charge in [0, 0.05) is 5.88 Å². The Morgan fingerprint density at radius 3 is 2.36 bits per heavy atom. The van der Waals surface area contributed by atoms with Gasteiger partial charge in [-0.1, -0.05) is 31.2 Å². The molecule has 0 saturated heterocycles. The highest BCUT2D eigenvalue weighted by Crippen LogP contribution is 2.10. The number of aryl methyl sites for hydroxylation is 2. The van der Waals surface area contributed by atoms with E-state index in [4.69, 9.17) is 11.6 Å². The topological polar surface area (TPSA) is 0 Å². The minimum Gasteiger partial charge on any atom is -0.126 e. The maximum atomic E-state index is 5.66. The molecule has 1 aromatic carbocycles. The summed E-state index contributed by atoms with van der Waals surface area (Å²) >= 11 is 5.66. The fraction of sp³-hybridized carbons (Fsp3) is 0.400. The first-order valence-corrected chi connectivity index (χ1v) is 4.54. The summed E-state index contributed by atoms with van der Waals surface area (Å²) in [7, 11) is 0. The first kappa shape index (κ1) is 8.61.